The molecule has 1 aromatic rings. The van der Waals surface area contributed by atoms with Gasteiger partial charge in [-0.3, -0.25) is 9.59 Å². The van der Waals surface area contributed by atoms with Gasteiger partial charge in [0.05, 0.1) is 17.1 Å². The molecule has 1 N–H and O–H groups in total. The molecule has 2 rings (SSSR count). The van der Waals surface area contributed by atoms with Crippen LogP contribution in [0.4, 0.5) is 0 Å². The van der Waals surface area contributed by atoms with Crippen LogP contribution in [0.1, 0.15) is 40.4 Å². The number of aromatic nitrogens is 1. The molecule has 8 heteroatoms. The van der Waals surface area contributed by atoms with Crippen LogP contribution in [0, 0.1) is 6.92 Å². The van der Waals surface area contributed by atoms with Crippen LogP contribution in [-0.2, 0) is 4.79 Å². The molecule has 0 aliphatic carbocycles. The summed E-state index contributed by atoms with van der Waals surface area (Å²) in [5.74, 6) is -0.559. The summed E-state index contributed by atoms with van der Waals surface area (Å²) in [7, 11) is 1.72. The van der Waals surface area contributed by atoms with Crippen molar-refractivity contribution in [2.45, 2.75) is 32.9 Å². The zero-order valence-electron chi connectivity index (χ0n) is 14.1. The molecule has 1 saturated heterocycles. The Hall–Kier alpha value is -2.09. The van der Waals surface area contributed by atoms with E-state index in [2.05, 4.69) is 4.98 Å². The molecule has 0 bridgehead atoms. The molecule has 0 radical (unpaired) electrons. The van der Waals surface area contributed by atoms with E-state index >= 15 is 0 Å². The van der Waals surface area contributed by atoms with E-state index in [1.54, 1.807) is 18.9 Å². The number of hydrogen-bond donors (Lipinski definition) is 1. The van der Waals surface area contributed by atoms with Crippen molar-refractivity contribution in [1.29, 1.82) is 0 Å². The molecule has 1 unspecified atom stereocenters. The summed E-state index contributed by atoms with van der Waals surface area (Å²) in [6, 6.07) is 2.31. The second kappa shape index (κ2) is 7.21. The van der Waals surface area contributed by atoms with Gasteiger partial charge in [0.1, 0.15) is 11.7 Å². The van der Waals surface area contributed by atoms with Crippen LogP contribution in [0.5, 0.6) is 0 Å². The highest BCUT2D eigenvalue weighted by Gasteiger charge is 2.37. The molecule has 1 aliphatic heterocycles. The normalized spacial score (nSPS) is 17.2. The Morgan fingerprint density at radius 3 is 2.58 bits per heavy atom. The first kappa shape index (κ1) is 18.3. The van der Waals surface area contributed by atoms with Gasteiger partial charge >= 0.3 is 5.97 Å². The Labute approximate surface area is 145 Å². The van der Waals surface area contributed by atoms with Crippen molar-refractivity contribution >= 4 is 29.5 Å². The Balaban J connectivity index is 2.23. The third kappa shape index (κ3) is 3.53. The third-order valence-electron chi connectivity index (χ3n) is 4.09. The summed E-state index contributed by atoms with van der Waals surface area (Å²) in [4.78, 5) is 43.6. The van der Waals surface area contributed by atoms with Crippen molar-refractivity contribution in [2.24, 2.45) is 0 Å². The van der Waals surface area contributed by atoms with Gasteiger partial charge in [-0.2, -0.15) is 0 Å². The minimum absolute atomic E-state index is 0.0512. The van der Waals surface area contributed by atoms with Crippen LogP contribution >= 0.6 is 11.8 Å². The van der Waals surface area contributed by atoms with Crippen molar-refractivity contribution in [1.82, 2.24) is 14.8 Å². The first-order valence-corrected chi connectivity index (χ1v) is 8.75. The van der Waals surface area contributed by atoms with Crippen LogP contribution in [0.15, 0.2) is 12.1 Å². The van der Waals surface area contributed by atoms with Gasteiger partial charge in [-0.1, -0.05) is 0 Å². The molecular weight excluding hydrogens is 330 g/mol. The SMILES string of the molecule is Cc1nc(C(=O)N2CSCC2C(=O)N(C)C(C)C)ccc1C(=O)O. The maximum Gasteiger partial charge on any atom is 0.337 e. The average Bonchev–Trinajstić information content (AvgIpc) is 3.01. The lowest BCUT2D eigenvalue weighted by molar-refractivity contribution is -0.135. The Morgan fingerprint density at radius 1 is 1.38 bits per heavy atom. The number of carboxylic acids is 1. The van der Waals surface area contributed by atoms with Gasteiger partial charge in [-0.05, 0) is 32.9 Å². The molecule has 24 heavy (non-hydrogen) atoms. The number of carbonyl (C=O) groups is 3. The first-order chi connectivity index (χ1) is 11.2. The summed E-state index contributed by atoms with van der Waals surface area (Å²) in [6.45, 7) is 5.39. The number of nitrogens with zero attached hydrogens (tertiary/aromatic N) is 3. The maximum absolute atomic E-state index is 12.7. The molecule has 7 nitrogen and oxygen atoms in total. The molecule has 1 aliphatic rings. The second-order valence-corrected chi connectivity index (χ2v) is 6.97. The zero-order valence-corrected chi connectivity index (χ0v) is 15.0. The number of aryl methyl sites for hydroxylation is 1. The average molecular weight is 351 g/mol. The lowest BCUT2D eigenvalue weighted by atomic mass is 10.1. The van der Waals surface area contributed by atoms with Gasteiger partial charge in [-0.25, -0.2) is 9.78 Å². The van der Waals surface area contributed by atoms with Crippen LogP contribution in [0.2, 0.25) is 0 Å². The molecule has 0 aromatic carbocycles. The van der Waals surface area contributed by atoms with E-state index in [1.165, 1.54) is 28.8 Å². The Kier molecular flexibility index (Phi) is 5.48. The van der Waals surface area contributed by atoms with Crippen LogP contribution in [-0.4, -0.2) is 68.4 Å². The number of hydrogen-bond acceptors (Lipinski definition) is 5. The first-order valence-electron chi connectivity index (χ1n) is 7.60. The maximum atomic E-state index is 12.7. The fraction of sp³-hybridized carbons (Fsp3) is 0.500. The van der Waals surface area contributed by atoms with Crippen molar-refractivity contribution in [2.75, 3.05) is 18.7 Å². The summed E-state index contributed by atoms with van der Waals surface area (Å²) >= 11 is 1.52. The molecular formula is C16H21N3O4S. The smallest absolute Gasteiger partial charge is 0.337 e. The van der Waals surface area contributed by atoms with Gasteiger partial charge in [0.25, 0.3) is 5.91 Å². The number of aromatic carboxylic acids is 1. The molecule has 1 fully saturated rings. The monoisotopic (exact) mass is 351 g/mol. The summed E-state index contributed by atoms with van der Waals surface area (Å²) in [6.07, 6.45) is 0. The van der Waals surface area contributed by atoms with Crippen molar-refractivity contribution in [3.8, 4) is 0 Å². The lowest BCUT2D eigenvalue weighted by Crippen LogP contribution is -2.49. The van der Waals surface area contributed by atoms with E-state index in [0.29, 0.717) is 11.6 Å². The second-order valence-electron chi connectivity index (χ2n) is 5.97. The van der Waals surface area contributed by atoms with Gasteiger partial charge in [0.2, 0.25) is 5.91 Å². The van der Waals surface area contributed by atoms with Gasteiger partial charge in [0, 0.05) is 18.8 Å². The standard InChI is InChI=1S/C16H21N3O4S/c1-9(2)18(4)15(21)13-7-24-8-19(13)14(20)12-6-5-11(16(22)23)10(3)17-12/h5-6,9,13H,7-8H2,1-4H3,(H,22,23). The number of carbonyl (C=O) groups excluding carboxylic acids is 2. The van der Waals surface area contributed by atoms with Gasteiger partial charge < -0.3 is 14.9 Å². The summed E-state index contributed by atoms with van der Waals surface area (Å²) in [5.41, 5.74) is 0.502. The van der Waals surface area contributed by atoms with Crippen molar-refractivity contribution < 1.29 is 19.5 Å². The molecule has 2 heterocycles. The zero-order chi connectivity index (χ0) is 18.0. The van der Waals surface area contributed by atoms with E-state index < -0.39 is 12.0 Å². The Bertz CT molecular complexity index is 677. The van der Waals surface area contributed by atoms with Crippen molar-refractivity contribution in [3.05, 3.63) is 29.1 Å². The fourth-order valence-electron chi connectivity index (χ4n) is 2.39. The predicted molar refractivity (Wildman–Crippen MR) is 91.1 cm³/mol. The summed E-state index contributed by atoms with van der Waals surface area (Å²) < 4.78 is 0. The highest BCUT2D eigenvalue weighted by Crippen LogP contribution is 2.24. The Morgan fingerprint density at radius 2 is 2.04 bits per heavy atom. The minimum Gasteiger partial charge on any atom is -0.478 e. The fourth-order valence-corrected chi connectivity index (χ4v) is 3.54. The molecule has 0 saturated carbocycles. The quantitative estimate of drug-likeness (QED) is 0.883. The van der Waals surface area contributed by atoms with E-state index in [0.717, 1.165) is 0 Å². The number of rotatable bonds is 4. The molecule has 1 aromatic heterocycles. The number of carboxylic acid groups (broad SMARTS) is 1. The number of pyridine rings is 1. The molecule has 0 spiro atoms. The third-order valence-corrected chi connectivity index (χ3v) is 5.10. The predicted octanol–water partition coefficient (Wildman–Crippen LogP) is 1.47. The van der Waals surface area contributed by atoms with Gasteiger partial charge in [0.15, 0.2) is 0 Å². The van der Waals surface area contributed by atoms with E-state index in [4.69, 9.17) is 5.11 Å². The van der Waals surface area contributed by atoms with Crippen LogP contribution in [0.3, 0.4) is 0 Å². The van der Waals surface area contributed by atoms with E-state index in [9.17, 15) is 14.4 Å². The van der Waals surface area contributed by atoms with E-state index in [-0.39, 0.29) is 34.8 Å². The topological polar surface area (TPSA) is 90.8 Å². The number of thioether (sulfide) groups is 1. The summed E-state index contributed by atoms with van der Waals surface area (Å²) in [5, 5.41) is 9.05. The number of likely N-dealkylation sites (N-methyl/N-ethyl adjacent to an activating group) is 1. The lowest BCUT2D eigenvalue weighted by Gasteiger charge is -2.29. The molecule has 1 atom stereocenters. The highest BCUT2D eigenvalue weighted by molar-refractivity contribution is 7.99. The number of amides is 2. The minimum atomic E-state index is -1.08. The van der Waals surface area contributed by atoms with Crippen LogP contribution in [0.25, 0.3) is 0 Å². The molecule has 2 amide bonds. The van der Waals surface area contributed by atoms with Crippen LogP contribution < -0.4 is 0 Å². The van der Waals surface area contributed by atoms with Crippen molar-refractivity contribution in [3.63, 3.8) is 0 Å². The molecule has 130 valence electrons. The van der Waals surface area contributed by atoms with E-state index in [1.807, 2.05) is 13.8 Å². The van der Waals surface area contributed by atoms with Gasteiger partial charge in [-0.15, -0.1) is 11.8 Å². The highest BCUT2D eigenvalue weighted by atomic mass is 32.2. The largest absolute Gasteiger partial charge is 0.478 e.